The van der Waals surface area contributed by atoms with E-state index in [1.165, 1.54) is 0 Å². The number of nitrogens with zero attached hydrogens (tertiary/aromatic N) is 2. The third-order valence-electron chi connectivity index (χ3n) is 3.61. The Kier molecular flexibility index (Phi) is 3.06. The first kappa shape index (κ1) is 13.1. The van der Waals surface area contributed by atoms with E-state index in [2.05, 4.69) is 4.98 Å². The van der Waals surface area contributed by atoms with Crippen molar-refractivity contribution in [3.63, 3.8) is 0 Å². The minimum Gasteiger partial charge on any atom is -0.369 e. The Morgan fingerprint density at radius 2 is 1.71 bits per heavy atom. The Morgan fingerprint density at radius 1 is 1.00 bits per heavy atom. The molecule has 1 aliphatic heterocycles. The second-order valence-electron chi connectivity index (χ2n) is 4.85. The van der Waals surface area contributed by atoms with Crippen LogP contribution in [0.4, 0.5) is 11.5 Å². The molecule has 0 radical (unpaired) electrons. The predicted molar refractivity (Wildman–Crippen MR) is 77.7 cm³/mol. The molecule has 6 heteroatoms. The van der Waals surface area contributed by atoms with E-state index < -0.39 is 23.8 Å². The highest BCUT2D eigenvalue weighted by Gasteiger charge is 2.46. The molecule has 0 bridgehead atoms. The van der Waals surface area contributed by atoms with Crippen molar-refractivity contribution in [2.24, 2.45) is 11.5 Å². The number of hydrogen-bond acceptors (Lipinski definition) is 4. The fraction of sp³-hybridized carbons (Fsp3) is 0.133. The number of pyridine rings is 1. The van der Waals surface area contributed by atoms with E-state index in [4.69, 9.17) is 11.5 Å². The van der Waals surface area contributed by atoms with Crippen molar-refractivity contribution < 1.29 is 9.59 Å². The molecule has 1 aromatic heterocycles. The Balaban J connectivity index is 2.22. The quantitative estimate of drug-likeness (QED) is 0.863. The summed E-state index contributed by atoms with van der Waals surface area (Å²) in [7, 11) is 0. The first-order valence-electron chi connectivity index (χ1n) is 6.49. The molecule has 106 valence electrons. The first-order chi connectivity index (χ1) is 10.1. The zero-order chi connectivity index (χ0) is 15.0. The lowest BCUT2D eigenvalue weighted by molar-refractivity contribution is -0.125. The molecule has 4 N–H and O–H groups in total. The number of carbonyl (C=O) groups is 2. The summed E-state index contributed by atoms with van der Waals surface area (Å²) in [4.78, 5) is 29.7. The third kappa shape index (κ3) is 2.01. The maximum Gasteiger partial charge on any atom is 0.241 e. The minimum atomic E-state index is -0.866. The molecule has 0 fully saturated rings. The lowest BCUT2D eigenvalue weighted by atomic mass is 9.94. The van der Waals surface area contributed by atoms with Crippen molar-refractivity contribution in [1.29, 1.82) is 0 Å². The molecule has 1 aliphatic rings. The molecule has 0 saturated heterocycles. The number of anilines is 2. The summed E-state index contributed by atoms with van der Waals surface area (Å²) in [5.74, 6) is -1.46. The summed E-state index contributed by atoms with van der Waals surface area (Å²) in [6.45, 7) is 0. The van der Waals surface area contributed by atoms with Gasteiger partial charge in [-0.3, -0.25) is 9.59 Å². The van der Waals surface area contributed by atoms with Crippen LogP contribution < -0.4 is 16.4 Å². The predicted octanol–water partition coefficient (Wildman–Crippen LogP) is 0.656. The number of nitrogens with two attached hydrogens (primary N) is 2. The van der Waals surface area contributed by atoms with Gasteiger partial charge in [0.25, 0.3) is 0 Å². The number of rotatable bonds is 3. The Morgan fingerprint density at radius 3 is 2.33 bits per heavy atom. The molecule has 6 nitrogen and oxygen atoms in total. The van der Waals surface area contributed by atoms with Crippen LogP contribution in [-0.2, 0) is 9.59 Å². The summed E-state index contributed by atoms with van der Waals surface area (Å²) in [6.07, 6.45) is 1.61. The highest BCUT2D eigenvalue weighted by molar-refractivity contribution is 6.00. The van der Waals surface area contributed by atoms with Crippen LogP contribution in [0.25, 0.3) is 0 Å². The lowest BCUT2D eigenvalue weighted by Crippen LogP contribution is -2.45. The van der Waals surface area contributed by atoms with E-state index in [0.717, 1.165) is 5.69 Å². The van der Waals surface area contributed by atoms with Gasteiger partial charge in [0.1, 0.15) is 11.9 Å². The van der Waals surface area contributed by atoms with E-state index in [1.54, 1.807) is 23.2 Å². The molecule has 1 aromatic carbocycles. The molecule has 2 atom stereocenters. The van der Waals surface area contributed by atoms with E-state index >= 15 is 0 Å². The van der Waals surface area contributed by atoms with Gasteiger partial charge < -0.3 is 16.4 Å². The van der Waals surface area contributed by atoms with Crippen LogP contribution in [0.2, 0.25) is 0 Å². The van der Waals surface area contributed by atoms with Crippen molar-refractivity contribution >= 4 is 23.3 Å². The van der Waals surface area contributed by atoms with Crippen molar-refractivity contribution in [1.82, 2.24) is 4.98 Å². The SMILES string of the molecule is NC(=O)C1c2cccnc2N(c2ccccc2)C1C(N)=O. The largest absolute Gasteiger partial charge is 0.369 e. The second kappa shape index (κ2) is 4.90. The third-order valence-corrected chi connectivity index (χ3v) is 3.61. The monoisotopic (exact) mass is 282 g/mol. The number of para-hydroxylation sites is 1. The lowest BCUT2D eigenvalue weighted by Gasteiger charge is -2.26. The van der Waals surface area contributed by atoms with Gasteiger partial charge in [-0.2, -0.15) is 0 Å². The molecule has 2 heterocycles. The fourth-order valence-electron chi connectivity index (χ4n) is 2.78. The summed E-state index contributed by atoms with van der Waals surface area (Å²) < 4.78 is 0. The minimum absolute atomic E-state index is 0.538. The molecule has 2 amide bonds. The normalized spacial score (nSPS) is 20.1. The molecular weight excluding hydrogens is 268 g/mol. The summed E-state index contributed by atoms with van der Waals surface area (Å²) in [5.41, 5.74) is 12.4. The summed E-state index contributed by atoms with van der Waals surface area (Å²) >= 11 is 0. The standard InChI is InChI=1S/C15H14N4O2/c16-13(20)11-10-7-4-8-18-15(10)19(12(11)14(17)21)9-5-2-1-3-6-9/h1-8,11-12H,(H2,16,20)(H2,17,21). The molecule has 3 rings (SSSR count). The van der Waals surface area contributed by atoms with Gasteiger partial charge in [-0.25, -0.2) is 4.98 Å². The number of fused-ring (bicyclic) bond motifs is 1. The number of amides is 2. The summed E-state index contributed by atoms with van der Waals surface area (Å²) in [5, 5.41) is 0. The molecule has 0 spiro atoms. The van der Waals surface area contributed by atoms with E-state index in [9.17, 15) is 9.59 Å². The van der Waals surface area contributed by atoms with Crippen molar-refractivity contribution in [3.05, 3.63) is 54.2 Å². The highest BCUT2D eigenvalue weighted by Crippen LogP contribution is 2.43. The summed E-state index contributed by atoms with van der Waals surface area (Å²) in [6, 6.07) is 11.8. The van der Waals surface area contributed by atoms with Crippen LogP contribution in [0.3, 0.4) is 0 Å². The topological polar surface area (TPSA) is 102 Å². The molecule has 2 unspecified atom stereocenters. The Labute approximate surface area is 121 Å². The zero-order valence-electron chi connectivity index (χ0n) is 11.1. The van der Waals surface area contributed by atoms with Crippen molar-refractivity contribution in [2.75, 3.05) is 4.90 Å². The van der Waals surface area contributed by atoms with Gasteiger partial charge >= 0.3 is 0 Å². The maximum atomic E-state index is 11.9. The van der Waals surface area contributed by atoms with Crippen LogP contribution in [-0.4, -0.2) is 22.8 Å². The van der Waals surface area contributed by atoms with Gasteiger partial charge in [-0.15, -0.1) is 0 Å². The highest BCUT2D eigenvalue weighted by atomic mass is 16.2. The average Bonchev–Trinajstić information content (AvgIpc) is 2.83. The molecular formula is C15H14N4O2. The Bertz CT molecular complexity index is 702. The number of hydrogen-bond donors (Lipinski definition) is 2. The van der Waals surface area contributed by atoms with Crippen molar-refractivity contribution in [2.45, 2.75) is 12.0 Å². The van der Waals surface area contributed by atoms with Gasteiger partial charge in [-0.1, -0.05) is 24.3 Å². The van der Waals surface area contributed by atoms with E-state index in [0.29, 0.717) is 11.4 Å². The van der Waals surface area contributed by atoms with Crippen molar-refractivity contribution in [3.8, 4) is 0 Å². The number of carbonyl (C=O) groups excluding carboxylic acids is 2. The van der Waals surface area contributed by atoms with Gasteiger partial charge in [0, 0.05) is 17.4 Å². The zero-order valence-corrected chi connectivity index (χ0v) is 11.1. The second-order valence-corrected chi connectivity index (χ2v) is 4.85. The molecule has 0 saturated carbocycles. The number of benzene rings is 1. The van der Waals surface area contributed by atoms with Crippen LogP contribution >= 0.6 is 0 Å². The van der Waals surface area contributed by atoms with Crippen LogP contribution in [0.5, 0.6) is 0 Å². The van der Waals surface area contributed by atoms with Gasteiger partial charge in [0.2, 0.25) is 11.8 Å². The molecule has 21 heavy (non-hydrogen) atoms. The van der Waals surface area contributed by atoms with Gasteiger partial charge in [-0.05, 0) is 18.2 Å². The smallest absolute Gasteiger partial charge is 0.241 e. The van der Waals surface area contributed by atoms with E-state index in [-0.39, 0.29) is 0 Å². The first-order valence-corrected chi connectivity index (χ1v) is 6.49. The van der Waals surface area contributed by atoms with E-state index in [1.807, 2.05) is 30.3 Å². The fourth-order valence-corrected chi connectivity index (χ4v) is 2.78. The average molecular weight is 282 g/mol. The van der Waals surface area contributed by atoms with Crippen LogP contribution in [0.1, 0.15) is 11.5 Å². The van der Waals surface area contributed by atoms with Gasteiger partial charge in [0.15, 0.2) is 0 Å². The molecule has 2 aromatic rings. The number of aromatic nitrogens is 1. The van der Waals surface area contributed by atoms with Crippen LogP contribution in [0, 0.1) is 0 Å². The molecule has 0 aliphatic carbocycles. The van der Waals surface area contributed by atoms with Crippen LogP contribution in [0.15, 0.2) is 48.7 Å². The maximum absolute atomic E-state index is 11.9. The Hall–Kier alpha value is -2.89. The number of primary amides is 2. The van der Waals surface area contributed by atoms with Gasteiger partial charge in [0.05, 0.1) is 5.92 Å².